The number of carbonyl (C=O) groups is 1. The number of hydrogen-bond acceptors (Lipinski definition) is 4. The van der Waals surface area contributed by atoms with Crippen LogP contribution < -0.4 is 4.72 Å². The number of esters is 1. The number of ether oxygens (including phenoxy) is 1. The molecule has 6 heteroatoms. The Balaban J connectivity index is 1.59. The van der Waals surface area contributed by atoms with Gasteiger partial charge in [-0.2, -0.15) is 0 Å². The van der Waals surface area contributed by atoms with Crippen molar-refractivity contribution in [2.24, 2.45) is 0 Å². The maximum absolute atomic E-state index is 13.0. The summed E-state index contributed by atoms with van der Waals surface area (Å²) >= 11 is 0. The van der Waals surface area contributed by atoms with Crippen LogP contribution in [0.25, 0.3) is 0 Å². The van der Waals surface area contributed by atoms with Gasteiger partial charge in [-0.3, -0.25) is 0 Å². The fourth-order valence-corrected chi connectivity index (χ4v) is 5.22. The van der Waals surface area contributed by atoms with Gasteiger partial charge < -0.3 is 4.74 Å². The molecule has 0 radical (unpaired) electrons. The van der Waals surface area contributed by atoms with Gasteiger partial charge >= 0.3 is 5.97 Å². The van der Waals surface area contributed by atoms with Gasteiger partial charge in [0.1, 0.15) is 6.10 Å². The van der Waals surface area contributed by atoms with Crippen LogP contribution >= 0.6 is 0 Å². The SMILES string of the molecule is CC(C)(C)c1ccc(C(=O)O[C@H]2c3ccccc3C[C@@H]2NS(=O)(=O)c2ccccc2)cc1. The fourth-order valence-electron chi connectivity index (χ4n) is 3.96. The van der Waals surface area contributed by atoms with Crippen LogP contribution in [0, 0.1) is 0 Å². The van der Waals surface area contributed by atoms with Gasteiger partial charge in [0.05, 0.1) is 16.5 Å². The summed E-state index contributed by atoms with van der Waals surface area (Å²) in [6.45, 7) is 6.33. The number of nitrogens with one attached hydrogen (secondary N) is 1. The number of benzene rings is 3. The summed E-state index contributed by atoms with van der Waals surface area (Å²) in [5.74, 6) is -0.476. The Labute approximate surface area is 189 Å². The number of carbonyl (C=O) groups excluding carboxylic acids is 1. The van der Waals surface area contributed by atoms with E-state index in [1.54, 1.807) is 42.5 Å². The fraction of sp³-hybridized carbons (Fsp3) is 0.269. The zero-order valence-corrected chi connectivity index (χ0v) is 19.2. The lowest BCUT2D eigenvalue weighted by Crippen LogP contribution is -2.39. The minimum atomic E-state index is -3.76. The van der Waals surface area contributed by atoms with E-state index < -0.39 is 28.1 Å². The average Bonchev–Trinajstić information content (AvgIpc) is 3.10. The van der Waals surface area contributed by atoms with Gasteiger partial charge in [-0.25, -0.2) is 17.9 Å². The van der Waals surface area contributed by atoms with Crippen molar-refractivity contribution in [3.05, 3.63) is 101 Å². The Kier molecular flexibility index (Phi) is 5.93. The van der Waals surface area contributed by atoms with Crippen LogP contribution in [0.4, 0.5) is 0 Å². The van der Waals surface area contributed by atoms with Gasteiger partial charge in [0.25, 0.3) is 0 Å². The van der Waals surface area contributed by atoms with Crippen molar-refractivity contribution in [3.63, 3.8) is 0 Å². The lowest BCUT2D eigenvalue weighted by atomic mass is 9.87. The Morgan fingerprint density at radius 3 is 2.19 bits per heavy atom. The summed E-state index contributed by atoms with van der Waals surface area (Å²) in [4.78, 5) is 13.1. The Morgan fingerprint density at radius 2 is 1.53 bits per heavy atom. The molecule has 3 aromatic carbocycles. The molecule has 0 aromatic heterocycles. The summed E-state index contributed by atoms with van der Waals surface area (Å²) in [7, 11) is -3.76. The number of fused-ring (bicyclic) bond motifs is 1. The highest BCUT2D eigenvalue weighted by Crippen LogP contribution is 2.36. The molecule has 0 fully saturated rings. The molecule has 0 bridgehead atoms. The maximum Gasteiger partial charge on any atom is 0.338 e. The largest absolute Gasteiger partial charge is 0.452 e. The third kappa shape index (κ3) is 4.61. The van der Waals surface area contributed by atoms with Gasteiger partial charge in [-0.15, -0.1) is 0 Å². The van der Waals surface area contributed by atoms with Crippen molar-refractivity contribution < 1.29 is 17.9 Å². The van der Waals surface area contributed by atoms with E-state index >= 15 is 0 Å². The molecule has 0 unspecified atom stereocenters. The minimum Gasteiger partial charge on any atom is -0.452 e. The normalized spacial score (nSPS) is 18.2. The number of hydrogen-bond donors (Lipinski definition) is 1. The second kappa shape index (κ2) is 8.52. The highest BCUT2D eigenvalue weighted by molar-refractivity contribution is 7.89. The Hall–Kier alpha value is -2.96. The van der Waals surface area contributed by atoms with Crippen LogP contribution in [0.1, 0.15) is 53.9 Å². The van der Waals surface area contributed by atoms with Crippen molar-refractivity contribution in [2.45, 2.75) is 49.6 Å². The molecular formula is C26H27NO4S. The summed E-state index contributed by atoms with van der Waals surface area (Å²) < 4.78 is 34.5. The van der Waals surface area contributed by atoms with E-state index in [0.29, 0.717) is 12.0 Å². The third-order valence-corrected chi connectivity index (χ3v) is 7.25. The molecule has 1 aliphatic rings. The summed E-state index contributed by atoms with van der Waals surface area (Å²) in [6, 6.07) is 22.6. The highest BCUT2D eigenvalue weighted by Gasteiger charge is 2.38. The zero-order valence-electron chi connectivity index (χ0n) is 18.4. The molecule has 3 aromatic rings. The lowest BCUT2D eigenvalue weighted by Gasteiger charge is -2.23. The van der Waals surface area contributed by atoms with Crippen LogP contribution in [0.5, 0.6) is 0 Å². The van der Waals surface area contributed by atoms with Crippen LogP contribution in [-0.2, 0) is 26.6 Å². The predicted octanol–water partition coefficient (Wildman–Crippen LogP) is 4.79. The molecule has 0 amide bonds. The number of sulfonamides is 1. The van der Waals surface area contributed by atoms with E-state index in [9.17, 15) is 13.2 Å². The molecule has 32 heavy (non-hydrogen) atoms. The maximum atomic E-state index is 13.0. The standard InChI is InChI=1S/C26H27NO4S/c1-26(2,3)20-15-13-18(14-16-20)25(28)31-24-22-12-8-7-9-19(22)17-23(24)27-32(29,30)21-10-5-4-6-11-21/h4-16,23-24,27H,17H2,1-3H3/t23-,24-/m0/s1. The summed E-state index contributed by atoms with van der Waals surface area (Å²) in [6.07, 6.45) is -0.261. The molecule has 4 rings (SSSR count). The first-order chi connectivity index (χ1) is 15.1. The molecule has 2 atom stereocenters. The first-order valence-corrected chi connectivity index (χ1v) is 12.1. The monoisotopic (exact) mass is 449 g/mol. The van der Waals surface area contributed by atoms with E-state index in [1.807, 2.05) is 36.4 Å². The van der Waals surface area contributed by atoms with Gasteiger partial charge in [-0.1, -0.05) is 75.4 Å². The topological polar surface area (TPSA) is 72.5 Å². The number of rotatable bonds is 5. The molecule has 0 saturated heterocycles. The van der Waals surface area contributed by atoms with Gasteiger partial charge in [0.15, 0.2) is 0 Å². The van der Waals surface area contributed by atoms with Crippen molar-refractivity contribution in [1.29, 1.82) is 0 Å². The predicted molar refractivity (Wildman–Crippen MR) is 124 cm³/mol. The zero-order chi connectivity index (χ0) is 22.9. The van der Waals surface area contributed by atoms with Crippen molar-refractivity contribution in [1.82, 2.24) is 4.72 Å². The molecule has 0 aliphatic heterocycles. The second-order valence-electron chi connectivity index (χ2n) is 9.10. The second-order valence-corrected chi connectivity index (χ2v) is 10.8. The Morgan fingerprint density at radius 1 is 0.906 bits per heavy atom. The highest BCUT2D eigenvalue weighted by atomic mass is 32.2. The van der Waals surface area contributed by atoms with E-state index in [0.717, 1.165) is 16.7 Å². The van der Waals surface area contributed by atoms with Gasteiger partial charge in [-0.05, 0) is 52.8 Å². The van der Waals surface area contributed by atoms with Crippen molar-refractivity contribution in [2.75, 3.05) is 0 Å². The minimum absolute atomic E-state index is 0.0202. The van der Waals surface area contributed by atoms with Crippen molar-refractivity contribution in [3.8, 4) is 0 Å². The van der Waals surface area contributed by atoms with Crippen LogP contribution in [0.2, 0.25) is 0 Å². The van der Waals surface area contributed by atoms with Gasteiger partial charge in [0, 0.05) is 0 Å². The van der Waals surface area contributed by atoms with E-state index in [1.165, 1.54) is 0 Å². The molecule has 5 nitrogen and oxygen atoms in total. The first-order valence-electron chi connectivity index (χ1n) is 10.6. The quantitative estimate of drug-likeness (QED) is 0.569. The lowest BCUT2D eigenvalue weighted by molar-refractivity contribution is 0.0247. The van der Waals surface area contributed by atoms with E-state index in [-0.39, 0.29) is 10.3 Å². The van der Waals surface area contributed by atoms with Crippen LogP contribution in [-0.4, -0.2) is 20.4 Å². The molecule has 166 valence electrons. The first kappa shape index (κ1) is 22.2. The van der Waals surface area contributed by atoms with Gasteiger partial charge in [0.2, 0.25) is 10.0 Å². The van der Waals surface area contributed by atoms with E-state index in [4.69, 9.17) is 4.74 Å². The molecule has 1 N–H and O–H groups in total. The Bertz CT molecular complexity index is 1210. The van der Waals surface area contributed by atoms with Crippen LogP contribution in [0.15, 0.2) is 83.8 Å². The van der Waals surface area contributed by atoms with E-state index in [2.05, 4.69) is 25.5 Å². The molecular weight excluding hydrogens is 422 g/mol. The average molecular weight is 450 g/mol. The molecule has 0 heterocycles. The molecule has 0 spiro atoms. The summed E-state index contributed by atoms with van der Waals surface area (Å²) in [5, 5.41) is 0. The molecule has 1 aliphatic carbocycles. The molecule has 0 saturated carbocycles. The third-order valence-electron chi connectivity index (χ3n) is 5.75. The van der Waals surface area contributed by atoms with Crippen molar-refractivity contribution >= 4 is 16.0 Å². The smallest absolute Gasteiger partial charge is 0.338 e. The van der Waals surface area contributed by atoms with Crippen LogP contribution in [0.3, 0.4) is 0 Å². The summed E-state index contributed by atoms with van der Waals surface area (Å²) in [5.41, 5.74) is 3.33.